The fraction of sp³-hybridized carbons (Fsp3) is 0.467. The van der Waals surface area contributed by atoms with E-state index in [4.69, 9.17) is 0 Å². The Morgan fingerprint density at radius 3 is 2.82 bits per heavy atom. The average molecular weight is 231 g/mol. The summed E-state index contributed by atoms with van der Waals surface area (Å²) >= 11 is 0. The quantitative estimate of drug-likeness (QED) is 0.861. The number of aliphatic hydroxyl groups is 1. The van der Waals surface area contributed by atoms with Gasteiger partial charge in [0.25, 0.3) is 0 Å². The van der Waals surface area contributed by atoms with Gasteiger partial charge in [0.05, 0.1) is 6.61 Å². The third-order valence-electron chi connectivity index (χ3n) is 3.41. The second-order valence-electron chi connectivity index (χ2n) is 4.64. The lowest BCUT2D eigenvalue weighted by Gasteiger charge is -2.33. The molecule has 92 valence electrons. The minimum Gasteiger partial charge on any atom is -0.395 e. The van der Waals surface area contributed by atoms with Crippen molar-refractivity contribution in [1.29, 1.82) is 0 Å². The highest BCUT2D eigenvalue weighted by molar-refractivity contribution is 5.48. The van der Waals surface area contributed by atoms with E-state index in [0.29, 0.717) is 12.6 Å². The van der Waals surface area contributed by atoms with Crippen molar-refractivity contribution in [2.45, 2.75) is 25.3 Å². The van der Waals surface area contributed by atoms with E-state index in [0.717, 1.165) is 19.5 Å². The molecule has 0 spiro atoms. The zero-order chi connectivity index (χ0) is 11.9. The molecule has 1 N–H and O–H groups in total. The number of piperidine rings is 1. The van der Waals surface area contributed by atoms with Crippen LogP contribution in [-0.4, -0.2) is 35.7 Å². The van der Waals surface area contributed by atoms with Crippen LogP contribution in [0, 0.1) is 0 Å². The highest BCUT2D eigenvalue weighted by atomic mass is 16.3. The van der Waals surface area contributed by atoms with Gasteiger partial charge in [0.15, 0.2) is 0 Å². The van der Waals surface area contributed by atoms with Crippen LogP contribution in [0.5, 0.6) is 0 Å². The monoisotopic (exact) mass is 231 g/mol. The Morgan fingerprint density at radius 2 is 2.06 bits per heavy atom. The molecule has 0 aromatic heterocycles. The Hall–Kier alpha value is -1.12. The van der Waals surface area contributed by atoms with Gasteiger partial charge >= 0.3 is 0 Å². The van der Waals surface area contributed by atoms with E-state index in [1.54, 1.807) is 0 Å². The molecule has 0 aliphatic carbocycles. The molecule has 2 nitrogen and oxygen atoms in total. The minimum atomic E-state index is 0.291. The summed E-state index contributed by atoms with van der Waals surface area (Å²) in [5.41, 5.74) is 1.24. The summed E-state index contributed by atoms with van der Waals surface area (Å²) in [6.07, 6.45) is 8.00. The van der Waals surface area contributed by atoms with Crippen molar-refractivity contribution in [3.63, 3.8) is 0 Å². The number of benzene rings is 1. The lowest BCUT2D eigenvalue weighted by Crippen LogP contribution is -2.41. The maximum absolute atomic E-state index is 9.31. The van der Waals surface area contributed by atoms with E-state index < -0.39 is 0 Å². The summed E-state index contributed by atoms with van der Waals surface area (Å²) in [6.45, 7) is 2.35. The number of aliphatic hydroxyl groups excluding tert-OH is 1. The van der Waals surface area contributed by atoms with E-state index >= 15 is 0 Å². The van der Waals surface area contributed by atoms with Gasteiger partial charge in [0.1, 0.15) is 0 Å². The molecule has 0 saturated carbocycles. The Bertz CT molecular complexity index is 347. The third-order valence-corrected chi connectivity index (χ3v) is 3.41. The van der Waals surface area contributed by atoms with Crippen LogP contribution in [0.25, 0.3) is 6.08 Å². The molecule has 1 fully saturated rings. The topological polar surface area (TPSA) is 23.5 Å². The molecule has 2 rings (SSSR count). The predicted molar refractivity (Wildman–Crippen MR) is 71.8 cm³/mol. The molecular weight excluding hydrogens is 210 g/mol. The second kappa shape index (κ2) is 6.58. The predicted octanol–water partition coefficient (Wildman–Crippen LogP) is 2.55. The Morgan fingerprint density at radius 1 is 1.24 bits per heavy atom. The molecule has 1 aliphatic heterocycles. The first-order chi connectivity index (χ1) is 8.40. The van der Waals surface area contributed by atoms with Gasteiger partial charge in [-0.2, -0.15) is 0 Å². The first-order valence-electron chi connectivity index (χ1n) is 6.46. The molecular formula is C15H21NO. The maximum atomic E-state index is 9.31. The van der Waals surface area contributed by atoms with Crippen LogP contribution < -0.4 is 0 Å². The van der Waals surface area contributed by atoms with Crippen LogP contribution in [0.2, 0.25) is 0 Å². The van der Waals surface area contributed by atoms with Crippen molar-refractivity contribution in [3.8, 4) is 0 Å². The van der Waals surface area contributed by atoms with Crippen LogP contribution in [0.1, 0.15) is 24.8 Å². The third kappa shape index (κ3) is 3.69. The SMILES string of the molecule is OC[C@@H]1CCCCN1C/C=C/c1ccccc1. The Kier molecular flexibility index (Phi) is 4.77. The standard InChI is InChI=1S/C15H21NO/c17-13-15-10-4-5-11-16(15)12-6-9-14-7-2-1-3-8-14/h1-3,6-9,15,17H,4-5,10-13H2/b9-6+/t15-/m0/s1. The number of hydrogen-bond donors (Lipinski definition) is 1. The van der Waals surface area contributed by atoms with Gasteiger partial charge in [-0.1, -0.05) is 48.9 Å². The summed E-state index contributed by atoms with van der Waals surface area (Å²) in [4.78, 5) is 2.38. The first kappa shape index (κ1) is 12.3. The summed E-state index contributed by atoms with van der Waals surface area (Å²) < 4.78 is 0. The summed E-state index contributed by atoms with van der Waals surface area (Å²) in [6, 6.07) is 10.7. The van der Waals surface area contributed by atoms with Gasteiger partial charge in [-0.3, -0.25) is 4.90 Å². The molecule has 17 heavy (non-hydrogen) atoms. The second-order valence-corrected chi connectivity index (χ2v) is 4.64. The van der Waals surface area contributed by atoms with Gasteiger partial charge in [0.2, 0.25) is 0 Å². The lowest BCUT2D eigenvalue weighted by atomic mass is 10.0. The van der Waals surface area contributed by atoms with Crippen LogP contribution in [0.3, 0.4) is 0 Å². The fourth-order valence-electron chi connectivity index (χ4n) is 2.40. The highest BCUT2D eigenvalue weighted by Crippen LogP contribution is 2.16. The zero-order valence-corrected chi connectivity index (χ0v) is 10.3. The molecule has 0 bridgehead atoms. The Labute approximate surface area is 104 Å². The smallest absolute Gasteiger partial charge is 0.0586 e. The van der Waals surface area contributed by atoms with Crippen molar-refractivity contribution in [1.82, 2.24) is 4.90 Å². The van der Waals surface area contributed by atoms with Gasteiger partial charge in [0, 0.05) is 12.6 Å². The lowest BCUT2D eigenvalue weighted by molar-refractivity contribution is 0.101. The van der Waals surface area contributed by atoms with E-state index in [9.17, 15) is 5.11 Å². The first-order valence-corrected chi connectivity index (χ1v) is 6.46. The van der Waals surface area contributed by atoms with Crippen molar-refractivity contribution in [3.05, 3.63) is 42.0 Å². The summed E-state index contributed by atoms with van der Waals surface area (Å²) in [5.74, 6) is 0. The van der Waals surface area contributed by atoms with Crippen molar-refractivity contribution in [2.75, 3.05) is 19.7 Å². The van der Waals surface area contributed by atoms with Gasteiger partial charge in [-0.15, -0.1) is 0 Å². The summed E-state index contributed by atoms with van der Waals surface area (Å²) in [5, 5.41) is 9.31. The summed E-state index contributed by atoms with van der Waals surface area (Å²) in [7, 11) is 0. The number of rotatable bonds is 4. The molecule has 0 radical (unpaired) electrons. The number of hydrogen-bond acceptors (Lipinski definition) is 2. The molecule has 2 heteroatoms. The number of likely N-dealkylation sites (tertiary alicyclic amines) is 1. The molecule has 0 unspecified atom stereocenters. The van der Waals surface area contributed by atoms with E-state index in [-0.39, 0.29) is 0 Å². The van der Waals surface area contributed by atoms with Gasteiger partial charge in [-0.25, -0.2) is 0 Å². The minimum absolute atomic E-state index is 0.291. The van der Waals surface area contributed by atoms with E-state index in [1.165, 1.54) is 18.4 Å². The average Bonchev–Trinajstić information content (AvgIpc) is 2.40. The molecule has 1 aliphatic rings. The van der Waals surface area contributed by atoms with Crippen LogP contribution in [0.15, 0.2) is 36.4 Å². The van der Waals surface area contributed by atoms with Crippen molar-refractivity contribution < 1.29 is 5.11 Å². The number of nitrogens with zero attached hydrogens (tertiary/aromatic N) is 1. The van der Waals surface area contributed by atoms with Crippen molar-refractivity contribution >= 4 is 6.08 Å². The zero-order valence-electron chi connectivity index (χ0n) is 10.3. The highest BCUT2D eigenvalue weighted by Gasteiger charge is 2.19. The van der Waals surface area contributed by atoms with Crippen LogP contribution in [-0.2, 0) is 0 Å². The largest absolute Gasteiger partial charge is 0.395 e. The molecule has 0 amide bonds. The normalized spacial score (nSPS) is 22.1. The van der Waals surface area contributed by atoms with Gasteiger partial charge in [-0.05, 0) is 24.9 Å². The maximum Gasteiger partial charge on any atom is 0.0586 e. The van der Waals surface area contributed by atoms with E-state index in [2.05, 4.69) is 41.3 Å². The molecule has 1 heterocycles. The molecule has 1 atom stereocenters. The fourth-order valence-corrected chi connectivity index (χ4v) is 2.40. The molecule has 1 aromatic carbocycles. The van der Waals surface area contributed by atoms with Crippen LogP contribution in [0.4, 0.5) is 0 Å². The molecule has 1 saturated heterocycles. The Balaban J connectivity index is 1.86. The molecule has 1 aromatic rings. The van der Waals surface area contributed by atoms with Crippen LogP contribution >= 0.6 is 0 Å². The van der Waals surface area contributed by atoms with Crippen molar-refractivity contribution in [2.24, 2.45) is 0 Å². The van der Waals surface area contributed by atoms with E-state index in [1.807, 2.05) is 6.07 Å². The van der Waals surface area contributed by atoms with Gasteiger partial charge < -0.3 is 5.11 Å².